The number of nitrogens with zero attached hydrogens (tertiary/aromatic N) is 3. The molecule has 3 aromatic carbocycles. The second-order valence-corrected chi connectivity index (χ2v) is 10.2. The summed E-state index contributed by atoms with van der Waals surface area (Å²) in [7, 11) is 0. The molecule has 0 saturated carbocycles. The van der Waals surface area contributed by atoms with Gasteiger partial charge in [-0.2, -0.15) is 4.98 Å². The number of thioether (sulfide) groups is 1. The molecular weight excluding hydrogens is 499 g/mol. The first-order valence-corrected chi connectivity index (χ1v) is 13.2. The number of allylic oxidation sites excluding steroid dienone is 1. The highest BCUT2D eigenvalue weighted by atomic mass is 32.2. The summed E-state index contributed by atoms with van der Waals surface area (Å²) in [5.41, 5.74) is 5.46. The summed E-state index contributed by atoms with van der Waals surface area (Å²) in [6, 6.07) is 21.8. The maximum Gasteiger partial charge on any atom is 0.255 e. The summed E-state index contributed by atoms with van der Waals surface area (Å²) in [6.45, 7) is 3.86. The van der Waals surface area contributed by atoms with Crippen LogP contribution >= 0.6 is 11.8 Å². The second-order valence-electron chi connectivity index (χ2n) is 9.22. The Hall–Kier alpha value is -4.37. The third-order valence-electron chi connectivity index (χ3n) is 6.58. The Morgan fingerprint density at radius 2 is 1.89 bits per heavy atom. The van der Waals surface area contributed by atoms with Crippen LogP contribution in [-0.4, -0.2) is 25.7 Å². The van der Waals surface area contributed by atoms with Crippen molar-refractivity contribution in [2.75, 3.05) is 10.6 Å². The molecule has 0 spiro atoms. The van der Waals surface area contributed by atoms with Crippen LogP contribution in [0.2, 0.25) is 0 Å². The smallest absolute Gasteiger partial charge is 0.255 e. The Balaban J connectivity index is 1.40. The lowest BCUT2D eigenvalue weighted by Gasteiger charge is -2.28. The van der Waals surface area contributed by atoms with E-state index in [9.17, 15) is 9.18 Å². The number of carbonyl (C=O) groups excluding carboxylic acids is 1. The number of H-pyrrole nitrogens is 1. The minimum atomic E-state index is -0.525. The van der Waals surface area contributed by atoms with E-state index in [-0.39, 0.29) is 11.7 Å². The molecule has 0 saturated heterocycles. The molecule has 1 unspecified atom stereocenters. The molecule has 0 fully saturated rings. The maximum absolute atomic E-state index is 14.2. The molecule has 9 heteroatoms. The average molecular weight is 525 g/mol. The minimum absolute atomic E-state index is 0.224. The number of carbonyl (C=O) groups is 1. The van der Waals surface area contributed by atoms with Crippen molar-refractivity contribution < 1.29 is 9.18 Å². The molecule has 0 bridgehead atoms. The number of anilines is 2. The molecule has 3 N–H and O–H groups in total. The van der Waals surface area contributed by atoms with Crippen molar-refractivity contribution >= 4 is 40.2 Å². The molecular formula is C29H25FN6OS. The first kappa shape index (κ1) is 24.0. The first-order valence-electron chi connectivity index (χ1n) is 12.2. The Morgan fingerprint density at radius 3 is 2.74 bits per heavy atom. The fourth-order valence-electron chi connectivity index (χ4n) is 4.77. The third kappa shape index (κ3) is 4.45. The standard InChI is InChI=1S/C29H25FN6OS/c1-17-8-7-10-20(14-17)33-27(37)25-18(2)32-28-34-29(38-16-19-9-3-5-12-23(19)30)35-36(28)26(25)22-15-31-24-13-6-4-11-21(22)24/h3-15,26,31H,16H2,1-2H3,(H,33,37)(H,32,34,35). The van der Waals surface area contributed by atoms with Crippen LogP contribution in [0.15, 0.2) is 95.4 Å². The number of nitrogens with one attached hydrogen (secondary N) is 3. The molecule has 1 amide bonds. The van der Waals surface area contributed by atoms with Crippen LogP contribution in [0.4, 0.5) is 16.0 Å². The molecule has 0 aliphatic carbocycles. The van der Waals surface area contributed by atoms with Crippen molar-refractivity contribution in [3.8, 4) is 0 Å². The Morgan fingerprint density at radius 1 is 1.08 bits per heavy atom. The van der Waals surface area contributed by atoms with E-state index in [0.29, 0.717) is 33.7 Å². The fraction of sp³-hybridized carbons (Fsp3) is 0.138. The number of fused-ring (bicyclic) bond motifs is 2. The van der Waals surface area contributed by atoms with Gasteiger partial charge in [0.1, 0.15) is 11.9 Å². The van der Waals surface area contributed by atoms with Crippen molar-refractivity contribution in [2.45, 2.75) is 30.8 Å². The number of aryl methyl sites for hydroxylation is 1. The van der Waals surface area contributed by atoms with E-state index in [1.54, 1.807) is 16.8 Å². The first-order chi connectivity index (χ1) is 18.5. The number of aromatic amines is 1. The Labute approximate surface area is 223 Å². The van der Waals surface area contributed by atoms with Gasteiger partial charge in [0.25, 0.3) is 5.91 Å². The van der Waals surface area contributed by atoms with Gasteiger partial charge in [-0.25, -0.2) is 9.07 Å². The molecule has 190 valence electrons. The molecule has 1 aliphatic rings. The van der Waals surface area contributed by atoms with E-state index < -0.39 is 6.04 Å². The number of aromatic nitrogens is 4. The van der Waals surface area contributed by atoms with E-state index in [1.807, 2.05) is 74.6 Å². The average Bonchev–Trinajstić information content (AvgIpc) is 3.51. The van der Waals surface area contributed by atoms with Gasteiger partial charge >= 0.3 is 0 Å². The van der Waals surface area contributed by atoms with Gasteiger partial charge in [0.15, 0.2) is 0 Å². The predicted molar refractivity (Wildman–Crippen MR) is 149 cm³/mol. The van der Waals surface area contributed by atoms with Gasteiger partial charge in [0, 0.05) is 39.8 Å². The number of para-hydroxylation sites is 1. The molecule has 3 heterocycles. The van der Waals surface area contributed by atoms with Crippen LogP contribution in [0.3, 0.4) is 0 Å². The summed E-state index contributed by atoms with van der Waals surface area (Å²) in [6.07, 6.45) is 1.92. The lowest BCUT2D eigenvalue weighted by atomic mass is 9.94. The zero-order chi connectivity index (χ0) is 26.2. The molecule has 6 rings (SSSR count). The molecule has 1 aliphatic heterocycles. The number of amides is 1. The molecule has 0 radical (unpaired) electrons. The monoisotopic (exact) mass is 524 g/mol. The number of rotatable bonds is 6. The van der Waals surface area contributed by atoms with Gasteiger partial charge in [-0.1, -0.05) is 60.3 Å². The van der Waals surface area contributed by atoms with Crippen LogP contribution in [0.5, 0.6) is 0 Å². The fourth-order valence-corrected chi connectivity index (χ4v) is 5.59. The third-order valence-corrected chi connectivity index (χ3v) is 7.47. The van der Waals surface area contributed by atoms with Crippen molar-refractivity contribution in [3.63, 3.8) is 0 Å². The van der Waals surface area contributed by atoms with Crippen molar-refractivity contribution in [3.05, 3.63) is 113 Å². The molecule has 2 aromatic heterocycles. The van der Waals surface area contributed by atoms with E-state index in [4.69, 9.17) is 5.10 Å². The highest BCUT2D eigenvalue weighted by Gasteiger charge is 2.35. The number of benzene rings is 3. The van der Waals surface area contributed by atoms with Crippen molar-refractivity contribution in [1.29, 1.82) is 0 Å². The van der Waals surface area contributed by atoms with Gasteiger partial charge in [-0.15, -0.1) is 5.10 Å². The van der Waals surface area contributed by atoms with E-state index >= 15 is 0 Å². The summed E-state index contributed by atoms with van der Waals surface area (Å²) in [4.78, 5) is 21.8. The second kappa shape index (κ2) is 9.83. The lowest BCUT2D eigenvalue weighted by Crippen LogP contribution is -2.31. The van der Waals surface area contributed by atoms with Crippen molar-refractivity contribution in [1.82, 2.24) is 19.7 Å². The highest BCUT2D eigenvalue weighted by Crippen LogP contribution is 2.39. The Bertz CT molecular complexity index is 1700. The van der Waals surface area contributed by atoms with Gasteiger partial charge in [0.2, 0.25) is 11.1 Å². The van der Waals surface area contributed by atoms with Gasteiger partial charge in [-0.05, 0) is 49.2 Å². The summed E-state index contributed by atoms with van der Waals surface area (Å²) < 4.78 is 15.9. The number of hydrogen-bond acceptors (Lipinski definition) is 5. The largest absolute Gasteiger partial charge is 0.361 e. The van der Waals surface area contributed by atoms with Crippen LogP contribution in [0.25, 0.3) is 10.9 Å². The van der Waals surface area contributed by atoms with Crippen LogP contribution in [0, 0.1) is 12.7 Å². The number of hydrogen-bond donors (Lipinski definition) is 3. The van der Waals surface area contributed by atoms with E-state index in [1.165, 1.54) is 17.8 Å². The Kier molecular flexibility index (Phi) is 6.21. The molecule has 1 atom stereocenters. The summed E-state index contributed by atoms with van der Waals surface area (Å²) in [5.74, 6) is 0.436. The quantitative estimate of drug-likeness (QED) is 0.223. The van der Waals surface area contributed by atoms with Crippen LogP contribution in [0.1, 0.15) is 29.7 Å². The van der Waals surface area contributed by atoms with E-state index in [2.05, 4.69) is 20.6 Å². The molecule has 38 heavy (non-hydrogen) atoms. The van der Waals surface area contributed by atoms with Crippen LogP contribution < -0.4 is 10.6 Å². The van der Waals surface area contributed by atoms with Crippen molar-refractivity contribution in [2.24, 2.45) is 0 Å². The minimum Gasteiger partial charge on any atom is -0.361 e. The zero-order valence-corrected chi connectivity index (χ0v) is 21.6. The molecule has 5 aromatic rings. The predicted octanol–water partition coefficient (Wildman–Crippen LogP) is 6.43. The molecule has 7 nitrogen and oxygen atoms in total. The van der Waals surface area contributed by atoms with Gasteiger partial charge in [-0.3, -0.25) is 4.79 Å². The summed E-state index contributed by atoms with van der Waals surface area (Å²) in [5, 5.41) is 12.6. The van der Waals surface area contributed by atoms with E-state index in [0.717, 1.165) is 27.7 Å². The normalized spacial score (nSPS) is 14.9. The number of halogens is 1. The zero-order valence-electron chi connectivity index (χ0n) is 20.8. The maximum atomic E-state index is 14.2. The highest BCUT2D eigenvalue weighted by molar-refractivity contribution is 7.98. The van der Waals surface area contributed by atoms with Gasteiger partial charge in [0.05, 0.1) is 5.57 Å². The topological polar surface area (TPSA) is 87.6 Å². The lowest BCUT2D eigenvalue weighted by molar-refractivity contribution is -0.113. The SMILES string of the molecule is CC1=C(C(=O)Nc2cccc(C)c2)C(c2c[nH]c3ccccc23)n2nc(SCc3ccccc3F)nc2N1. The van der Waals surface area contributed by atoms with Crippen LogP contribution in [-0.2, 0) is 10.5 Å². The summed E-state index contributed by atoms with van der Waals surface area (Å²) >= 11 is 1.35. The van der Waals surface area contributed by atoms with Gasteiger partial charge < -0.3 is 15.6 Å².